The smallest absolute Gasteiger partial charge is 0.191 e. The maximum absolute atomic E-state index is 4.38. The molecule has 4 nitrogen and oxygen atoms in total. The van der Waals surface area contributed by atoms with Crippen molar-refractivity contribution in [1.82, 2.24) is 15.5 Å². The molecule has 0 atom stereocenters. The third-order valence-electron chi connectivity index (χ3n) is 5.32. The third kappa shape index (κ3) is 4.97. The first-order valence-electron chi connectivity index (χ1n) is 9.61. The van der Waals surface area contributed by atoms with Crippen molar-refractivity contribution >= 4 is 5.96 Å². The Morgan fingerprint density at radius 1 is 1.17 bits per heavy atom. The van der Waals surface area contributed by atoms with Gasteiger partial charge >= 0.3 is 0 Å². The van der Waals surface area contributed by atoms with Gasteiger partial charge in [0.2, 0.25) is 0 Å². The van der Waals surface area contributed by atoms with Crippen molar-refractivity contribution in [3.8, 4) is 0 Å². The van der Waals surface area contributed by atoms with Crippen LogP contribution in [0.2, 0.25) is 0 Å². The second kappa shape index (κ2) is 9.07. The van der Waals surface area contributed by atoms with Crippen molar-refractivity contribution in [2.75, 3.05) is 26.7 Å². The lowest BCUT2D eigenvalue weighted by atomic mass is 9.96. The summed E-state index contributed by atoms with van der Waals surface area (Å²) in [5, 5.41) is 7.07. The Morgan fingerprint density at radius 3 is 2.75 bits per heavy atom. The van der Waals surface area contributed by atoms with E-state index in [-0.39, 0.29) is 0 Å². The Labute approximate surface area is 146 Å². The molecule has 0 spiro atoms. The van der Waals surface area contributed by atoms with Gasteiger partial charge < -0.3 is 10.6 Å². The fraction of sp³-hybridized carbons (Fsp3) is 0.650. The minimum absolute atomic E-state index is 0.614. The summed E-state index contributed by atoms with van der Waals surface area (Å²) in [6.07, 6.45) is 9.02. The van der Waals surface area contributed by atoms with Crippen LogP contribution in [0.1, 0.15) is 49.7 Å². The number of nitrogens with zero attached hydrogens (tertiary/aromatic N) is 2. The average Bonchev–Trinajstić information content (AvgIpc) is 2.65. The normalized spacial score (nSPS) is 19.8. The molecule has 0 bridgehead atoms. The molecule has 1 saturated carbocycles. The molecule has 2 N–H and O–H groups in total. The molecule has 1 aliphatic carbocycles. The van der Waals surface area contributed by atoms with Gasteiger partial charge in [0.15, 0.2) is 5.96 Å². The summed E-state index contributed by atoms with van der Waals surface area (Å²) in [4.78, 5) is 6.95. The van der Waals surface area contributed by atoms with Crippen LogP contribution in [-0.4, -0.2) is 43.6 Å². The fourth-order valence-corrected chi connectivity index (χ4v) is 3.89. The van der Waals surface area contributed by atoms with Gasteiger partial charge in [0, 0.05) is 39.3 Å². The van der Waals surface area contributed by atoms with E-state index in [1.807, 2.05) is 7.05 Å². The molecule has 1 heterocycles. The Kier molecular flexibility index (Phi) is 6.53. The topological polar surface area (TPSA) is 39.7 Å². The predicted molar refractivity (Wildman–Crippen MR) is 101 cm³/mol. The van der Waals surface area contributed by atoms with Gasteiger partial charge in [0.1, 0.15) is 0 Å². The lowest BCUT2D eigenvalue weighted by Crippen LogP contribution is -2.44. The molecule has 0 aromatic heterocycles. The Hall–Kier alpha value is -1.55. The van der Waals surface area contributed by atoms with Crippen LogP contribution in [0.4, 0.5) is 0 Å². The van der Waals surface area contributed by atoms with Crippen molar-refractivity contribution in [1.29, 1.82) is 0 Å². The van der Waals surface area contributed by atoms with Crippen LogP contribution in [0.3, 0.4) is 0 Å². The molecule has 0 saturated heterocycles. The van der Waals surface area contributed by atoms with E-state index >= 15 is 0 Å². The quantitative estimate of drug-likeness (QED) is 0.496. The molecule has 132 valence electrons. The summed E-state index contributed by atoms with van der Waals surface area (Å²) in [6.45, 7) is 4.43. The molecule has 1 fully saturated rings. The van der Waals surface area contributed by atoms with Crippen LogP contribution in [-0.2, 0) is 13.0 Å². The maximum atomic E-state index is 4.38. The van der Waals surface area contributed by atoms with E-state index in [4.69, 9.17) is 0 Å². The van der Waals surface area contributed by atoms with E-state index in [0.717, 1.165) is 32.0 Å². The van der Waals surface area contributed by atoms with Gasteiger partial charge in [0.05, 0.1) is 0 Å². The average molecular weight is 329 g/mol. The standard InChI is InChI=1S/C20H32N4/c1-21-20(23-19-10-3-2-4-11-19)22-13-7-14-24-15-12-17-8-5-6-9-18(17)16-24/h5-6,8-9,19H,2-4,7,10-16H2,1H3,(H2,21,22,23). The molecule has 1 aromatic carbocycles. The predicted octanol–water partition coefficient (Wildman–Crippen LogP) is 2.93. The van der Waals surface area contributed by atoms with Gasteiger partial charge in [-0.25, -0.2) is 0 Å². The Morgan fingerprint density at radius 2 is 1.96 bits per heavy atom. The molecule has 4 heteroatoms. The van der Waals surface area contributed by atoms with Crippen molar-refractivity contribution in [3.05, 3.63) is 35.4 Å². The first-order chi connectivity index (χ1) is 11.8. The van der Waals surface area contributed by atoms with Crippen LogP contribution in [0.5, 0.6) is 0 Å². The lowest BCUT2D eigenvalue weighted by molar-refractivity contribution is 0.251. The molecular weight excluding hydrogens is 296 g/mol. The molecule has 24 heavy (non-hydrogen) atoms. The maximum Gasteiger partial charge on any atom is 0.191 e. The van der Waals surface area contributed by atoms with E-state index in [1.54, 1.807) is 0 Å². The summed E-state index contributed by atoms with van der Waals surface area (Å²) in [7, 11) is 1.87. The number of nitrogens with one attached hydrogen (secondary N) is 2. The van der Waals surface area contributed by atoms with Gasteiger partial charge in [-0.05, 0) is 36.8 Å². The number of fused-ring (bicyclic) bond motifs is 1. The van der Waals surface area contributed by atoms with E-state index in [1.165, 1.54) is 56.2 Å². The van der Waals surface area contributed by atoms with Gasteiger partial charge in [-0.15, -0.1) is 0 Å². The second-order valence-corrected chi connectivity index (χ2v) is 7.13. The van der Waals surface area contributed by atoms with Crippen molar-refractivity contribution in [2.24, 2.45) is 4.99 Å². The highest BCUT2D eigenvalue weighted by Gasteiger charge is 2.16. The van der Waals surface area contributed by atoms with Crippen LogP contribution in [0.15, 0.2) is 29.3 Å². The number of hydrogen-bond acceptors (Lipinski definition) is 2. The largest absolute Gasteiger partial charge is 0.356 e. The van der Waals surface area contributed by atoms with Gasteiger partial charge in [0.25, 0.3) is 0 Å². The Bertz CT molecular complexity index is 534. The molecular formula is C20H32N4. The van der Waals surface area contributed by atoms with Crippen LogP contribution >= 0.6 is 0 Å². The minimum Gasteiger partial charge on any atom is -0.356 e. The van der Waals surface area contributed by atoms with E-state index < -0.39 is 0 Å². The van der Waals surface area contributed by atoms with Crippen molar-refractivity contribution in [3.63, 3.8) is 0 Å². The van der Waals surface area contributed by atoms with Crippen LogP contribution in [0.25, 0.3) is 0 Å². The zero-order valence-electron chi connectivity index (χ0n) is 15.1. The minimum atomic E-state index is 0.614. The first-order valence-corrected chi connectivity index (χ1v) is 9.61. The second-order valence-electron chi connectivity index (χ2n) is 7.13. The van der Waals surface area contributed by atoms with Crippen molar-refractivity contribution < 1.29 is 0 Å². The third-order valence-corrected chi connectivity index (χ3v) is 5.32. The van der Waals surface area contributed by atoms with Gasteiger partial charge in [-0.3, -0.25) is 9.89 Å². The summed E-state index contributed by atoms with van der Waals surface area (Å²) >= 11 is 0. The number of guanidine groups is 1. The molecule has 0 radical (unpaired) electrons. The summed E-state index contributed by atoms with van der Waals surface area (Å²) in [5.41, 5.74) is 3.04. The molecule has 0 amide bonds. The molecule has 1 aliphatic heterocycles. The van der Waals surface area contributed by atoms with Crippen LogP contribution < -0.4 is 10.6 Å². The zero-order valence-corrected chi connectivity index (χ0v) is 15.1. The van der Waals surface area contributed by atoms with E-state index in [9.17, 15) is 0 Å². The monoisotopic (exact) mass is 328 g/mol. The first kappa shape index (κ1) is 17.3. The zero-order chi connectivity index (χ0) is 16.6. The highest BCUT2D eigenvalue weighted by Crippen LogP contribution is 2.18. The fourth-order valence-electron chi connectivity index (χ4n) is 3.89. The van der Waals surface area contributed by atoms with Crippen LogP contribution in [0, 0.1) is 0 Å². The highest BCUT2D eigenvalue weighted by molar-refractivity contribution is 5.79. The number of hydrogen-bond donors (Lipinski definition) is 2. The lowest BCUT2D eigenvalue weighted by Gasteiger charge is -2.29. The number of aliphatic imine (C=N–C) groups is 1. The van der Waals surface area contributed by atoms with Gasteiger partial charge in [-0.2, -0.15) is 0 Å². The highest BCUT2D eigenvalue weighted by atomic mass is 15.2. The van der Waals surface area contributed by atoms with Gasteiger partial charge in [-0.1, -0.05) is 43.5 Å². The number of rotatable bonds is 5. The summed E-state index contributed by atoms with van der Waals surface area (Å²) in [6, 6.07) is 9.47. The van der Waals surface area contributed by atoms with E-state index in [2.05, 4.69) is 44.8 Å². The molecule has 2 aliphatic rings. The molecule has 0 unspecified atom stereocenters. The summed E-state index contributed by atoms with van der Waals surface area (Å²) in [5.74, 6) is 0.978. The van der Waals surface area contributed by atoms with Crippen molar-refractivity contribution in [2.45, 2.75) is 57.5 Å². The number of benzene rings is 1. The summed E-state index contributed by atoms with van der Waals surface area (Å²) < 4.78 is 0. The Balaban J connectivity index is 1.34. The SMILES string of the molecule is CN=C(NCCCN1CCc2ccccc2C1)NC1CCCCC1. The molecule has 3 rings (SSSR count). The van der Waals surface area contributed by atoms with E-state index in [0.29, 0.717) is 6.04 Å². The molecule has 1 aromatic rings.